The SMILES string of the molecule is Cc1ccc(Nc2ncnc(Nc3cccnc3Cl)c2[N+](=O)[O-])cc1. The van der Waals surface area contributed by atoms with Crippen LogP contribution in [0.2, 0.25) is 5.15 Å². The Kier molecular flexibility index (Phi) is 4.71. The van der Waals surface area contributed by atoms with E-state index in [1.54, 1.807) is 12.1 Å². The molecule has 0 aliphatic rings. The lowest BCUT2D eigenvalue weighted by Gasteiger charge is -2.10. The highest BCUT2D eigenvalue weighted by Gasteiger charge is 2.23. The average molecular weight is 357 g/mol. The van der Waals surface area contributed by atoms with Crippen molar-refractivity contribution in [3.05, 3.63) is 69.8 Å². The Bertz CT molecular complexity index is 917. The van der Waals surface area contributed by atoms with Gasteiger partial charge in [-0.25, -0.2) is 15.0 Å². The normalized spacial score (nSPS) is 10.3. The number of hydrogen-bond acceptors (Lipinski definition) is 7. The Balaban J connectivity index is 1.98. The monoisotopic (exact) mass is 356 g/mol. The number of nitro groups is 1. The number of aryl methyl sites for hydroxylation is 1. The van der Waals surface area contributed by atoms with Gasteiger partial charge >= 0.3 is 5.69 Å². The number of nitrogens with zero attached hydrogens (tertiary/aromatic N) is 4. The van der Waals surface area contributed by atoms with E-state index in [-0.39, 0.29) is 22.5 Å². The number of pyridine rings is 1. The van der Waals surface area contributed by atoms with Gasteiger partial charge in [0.25, 0.3) is 0 Å². The second kappa shape index (κ2) is 7.10. The summed E-state index contributed by atoms with van der Waals surface area (Å²) in [5, 5.41) is 17.5. The molecule has 25 heavy (non-hydrogen) atoms. The lowest BCUT2D eigenvalue weighted by Crippen LogP contribution is -2.06. The van der Waals surface area contributed by atoms with E-state index in [0.717, 1.165) is 5.56 Å². The minimum atomic E-state index is -0.552. The first kappa shape index (κ1) is 16.6. The van der Waals surface area contributed by atoms with Gasteiger partial charge in [0, 0.05) is 11.9 Å². The summed E-state index contributed by atoms with van der Waals surface area (Å²) in [6.07, 6.45) is 2.75. The molecule has 0 atom stereocenters. The Morgan fingerprint density at radius 2 is 1.72 bits per heavy atom. The van der Waals surface area contributed by atoms with Gasteiger partial charge in [0.1, 0.15) is 6.33 Å². The fourth-order valence-corrected chi connectivity index (χ4v) is 2.28. The number of hydrogen-bond donors (Lipinski definition) is 2. The van der Waals surface area contributed by atoms with Crippen LogP contribution in [0.5, 0.6) is 0 Å². The van der Waals surface area contributed by atoms with Gasteiger partial charge in [0.2, 0.25) is 11.6 Å². The number of rotatable bonds is 5. The molecule has 126 valence electrons. The van der Waals surface area contributed by atoms with Crippen LogP contribution in [0.1, 0.15) is 5.56 Å². The third kappa shape index (κ3) is 3.81. The third-order valence-corrected chi connectivity index (χ3v) is 3.63. The Morgan fingerprint density at radius 3 is 2.36 bits per heavy atom. The third-order valence-electron chi connectivity index (χ3n) is 3.33. The molecule has 3 aromatic rings. The van der Waals surface area contributed by atoms with Crippen molar-refractivity contribution in [2.45, 2.75) is 6.92 Å². The van der Waals surface area contributed by atoms with Crippen LogP contribution in [-0.2, 0) is 0 Å². The summed E-state index contributed by atoms with van der Waals surface area (Å²) in [6, 6.07) is 10.7. The molecule has 1 aromatic carbocycles. The maximum absolute atomic E-state index is 11.6. The van der Waals surface area contributed by atoms with Crippen LogP contribution in [0.25, 0.3) is 0 Å². The Labute approximate surface area is 148 Å². The van der Waals surface area contributed by atoms with Crippen molar-refractivity contribution in [3.63, 3.8) is 0 Å². The standard InChI is InChI=1S/C16H13ClN6O2/c1-10-4-6-11(7-5-10)21-15-13(23(24)25)16(20-9-19-15)22-12-3-2-8-18-14(12)17/h2-9H,1H3,(H2,19,20,21,22). The number of anilines is 4. The van der Waals surface area contributed by atoms with Gasteiger partial charge in [-0.1, -0.05) is 29.3 Å². The van der Waals surface area contributed by atoms with E-state index in [4.69, 9.17) is 11.6 Å². The summed E-state index contributed by atoms with van der Waals surface area (Å²) < 4.78 is 0. The van der Waals surface area contributed by atoms with Crippen LogP contribution in [0.4, 0.5) is 28.7 Å². The quantitative estimate of drug-likeness (QED) is 0.400. The molecule has 2 aromatic heterocycles. The van der Waals surface area contributed by atoms with Gasteiger partial charge in [-0.2, -0.15) is 0 Å². The molecular formula is C16H13ClN6O2. The van der Waals surface area contributed by atoms with Crippen molar-refractivity contribution in [2.24, 2.45) is 0 Å². The summed E-state index contributed by atoms with van der Waals surface area (Å²) in [5.41, 5.74) is 1.88. The van der Waals surface area contributed by atoms with E-state index < -0.39 is 4.92 Å². The molecule has 0 aliphatic heterocycles. The van der Waals surface area contributed by atoms with E-state index in [9.17, 15) is 10.1 Å². The Hall–Kier alpha value is -3.26. The molecule has 2 heterocycles. The minimum absolute atomic E-state index is 0.0181. The number of benzene rings is 1. The number of nitrogens with one attached hydrogen (secondary N) is 2. The predicted molar refractivity (Wildman–Crippen MR) is 95.7 cm³/mol. The zero-order chi connectivity index (χ0) is 17.8. The zero-order valence-electron chi connectivity index (χ0n) is 13.1. The van der Waals surface area contributed by atoms with Crippen LogP contribution >= 0.6 is 11.6 Å². The maximum atomic E-state index is 11.6. The lowest BCUT2D eigenvalue weighted by atomic mass is 10.2. The highest BCUT2D eigenvalue weighted by atomic mass is 35.5. The van der Waals surface area contributed by atoms with Crippen molar-refractivity contribution >= 4 is 40.3 Å². The van der Waals surface area contributed by atoms with E-state index in [2.05, 4.69) is 25.6 Å². The van der Waals surface area contributed by atoms with Crippen molar-refractivity contribution < 1.29 is 4.92 Å². The lowest BCUT2D eigenvalue weighted by molar-refractivity contribution is -0.383. The van der Waals surface area contributed by atoms with Crippen LogP contribution in [-0.4, -0.2) is 19.9 Å². The smallest absolute Gasteiger partial charge is 0.334 e. The molecule has 0 spiro atoms. The van der Waals surface area contributed by atoms with Crippen molar-refractivity contribution in [1.29, 1.82) is 0 Å². The second-order valence-corrected chi connectivity index (χ2v) is 5.49. The predicted octanol–water partition coefficient (Wildman–Crippen LogP) is 4.23. The van der Waals surface area contributed by atoms with E-state index >= 15 is 0 Å². The van der Waals surface area contributed by atoms with Crippen LogP contribution < -0.4 is 10.6 Å². The van der Waals surface area contributed by atoms with E-state index in [1.807, 2.05) is 31.2 Å². The van der Waals surface area contributed by atoms with Crippen LogP contribution in [0.3, 0.4) is 0 Å². The molecule has 0 saturated heterocycles. The first-order valence-electron chi connectivity index (χ1n) is 7.25. The highest BCUT2D eigenvalue weighted by molar-refractivity contribution is 6.32. The van der Waals surface area contributed by atoms with Crippen molar-refractivity contribution in [3.8, 4) is 0 Å². The van der Waals surface area contributed by atoms with E-state index in [1.165, 1.54) is 12.5 Å². The summed E-state index contributed by atoms with van der Waals surface area (Å²) in [6.45, 7) is 1.95. The fourth-order valence-electron chi connectivity index (χ4n) is 2.12. The second-order valence-electron chi connectivity index (χ2n) is 5.13. The van der Waals surface area contributed by atoms with Gasteiger partial charge < -0.3 is 10.6 Å². The fraction of sp³-hybridized carbons (Fsp3) is 0.0625. The molecular weight excluding hydrogens is 344 g/mol. The van der Waals surface area contributed by atoms with Crippen LogP contribution in [0.15, 0.2) is 48.9 Å². The zero-order valence-corrected chi connectivity index (χ0v) is 13.9. The molecule has 0 aliphatic carbocycles. The highest BCUT2D eigenvalue weighted by Crippen LogP contribution is 2.34. The largest absolute Gasteiger partial charge is 0.353 e. The van der Waals surface area contributed by atoms with Crippen LogP contribution in [0, 0.1) is 17.0 Å². The van der Waals surface area contributed by atoms with Crippen molar-refractivity contribution in [1.82, 2.24) is 15.0 Å². The number of aromatic nitrogens is 3. The molecule has 0 radical (unpaired) electrons. The molecule has 0 unspecified atom stereocenters. The molecule has 9 heteroatoms. The van der Waals surface area contributed by atoms with Gasteiger partial charge in [-0.15, -0.1) is 0 Å². The van der Waals surface area contributed by atoms with E-state index in [0.29, 0.717) is 11.4 Å². The summed E-state index contributed by atoms with van der Waals surface area (Å²) >= 11 is 5.99. The topological polar surface area (TPSA) is 106 Å². The molecule has 0 fully saturated rings. The van der Waals surface area contributed by atoms with Gasteiger partial charge in [-0.3, -0.25) is 10.1 Å². The summed E-state index contributed by atoms with van der Waals surface area (Å²) in [4.78, 5) is 22.9. The molecule has 2 N–H and O–H groups in total. The van der Waals surface area contributed by atoms with Gasteiger partial charge in [-0.05, 0) is 31.2 Å². The first-order valence-corrected chi connectivity index (χ1v) is 7.63. The van der Waals surface area contributed by atoms with Gasteiger partial charge in [0.05, 0.1) is 10.6 Å². The Morgan fingerprint density at radius 1 is 1.04 bits per heavy atom. The molecule has 0 saturated carbocycles. The van der Waals surface area contributed by atoms with Gasteiger partial charge in [0.15, 0.2) is 5.15 Å². The average Bonchev–Trinajstić information content (AvgIpc) is 2.59. The molecule has 0 amide bonds. The number of halogens is 1. The van der Waals surface area contributed by atoms with Crippen molar-refractivity contribution in [2.75, 3.05) is 10.6 Å². The maximum Gasteiger partial charge on any atom is 0.353 e. The summed E-state index contributed by atoms with van der Waals surface area (Å²) in [7, 11) is 0. The minimum Gasteiger partial charge on any atom is -0.334 e. The molecule has 3 rings (SSSR count). The molecule has 0 bridgehead atoms. The summed E-state index contributed by atoms with van der Waals surface area (Å²) in [5.74, 6) is 0.0934. The first-order chi connectivity index (χ1) is 12.0. The molecule has 8 nitrogen and oxygen atoms in total.